The second-order valence-corrected chi connectivity index (χ2v) is 8.59. The Morgan fingerprint density at radius 2 is 1.49 bits per heavy atom. The van der Waals surface area contributed by atoms with Gasteiger partial charge in [0.1, 0.15) is 6.04 Å². The van der Waals surface area contributed by atoms with E-state index >= 15 is 0 Å². The van der Waals surface area contributed by atoms with Crippen LogP contribution in [0.3, 0.4) is 0 Å². The topological polar surface area (TPSA) is 92.6 Å². The largest absolute Gasteiger partial charge is 0.352 e. The minimum atomic E-state index is -0.776. The molecular formula is C28H31N3O4. The third-order valence-corrected chi connectivity index (χ3v) is 6.00. The smallest absolute Gasteiger partial charge is 0.273 e. The van der Waals surface area contributed by atoms with Gasteiger partial charge in [0.25, 0.3) is 5.69 Å². The molecule has 3 rings (SSSR count). The van der Waals surface area contributed by atoms with Crippen LogP contribution < -0.4 is 5.32 Å². The zero-order valence-corrected chi connectivity index (χ0v) is 20.1. The van der Waals surface area contributed by atoms with Gasteiger partial charge in [-0.15, -0.1) is 0 Å². The molecule has 3 aromatic rings. The highest BCUT2D eigenvalue weighted by molar-refractivity contribution is 5.89. The summed E-state index contributed by atoms with van der Waals surface area (Å²) in [5.74, 6) is -0.585. The van der Waals surface area contributed by atoms with E-state index in [9.17, 15) is 19.7 Å². The number of para-hydroxylation sites is 1. The number of amides is 2. The summed E-state index contributed by atoms with van der Waals surface area (Å²) in [6.45, 7) is 4.12. The summed E-state index contributed by atoms with van der Waals surface area (Å²) < 4.78 is 0. The predicted octanol–water partition coefficient (Wildman–Crippen LogP) is 4.69. The molecule has 0 heterocycles. The quantitative estimate of drug-likeness (QED) is 0.323. The van der Waals surface area contributed by atoms with Crippen molar-refractivity contribution in [3.8, 4) is 0 Å². The Balaban J connectivity index is 1.99. The molecule has 7 nitrogen and oxygen atoms in total. The number of nitrogens with one attached hydrogen (secondary N) is 1. The lowest BCUT2D eigenvalue weighted by molar-refractivity contribution is -0.385. The van der Waals surface area contributed by atoms with Crippen LogP contribution in [0.4, 0.5) is 5.69 Å². The van der Waals surface area contributed by atoms with Gasteiger partial charge in [0, 0.05) is 30.6 Å². The first-order valence-corrected chi connectivity index (χ1v) is 11.8. The van der Waals surface area contributed by atoms with Crippen LogP contribution in [0.5, 0.6) is 0 Å². The zero-order chi connectivity index (χ0) is 25.2. The van der Waals surface area contributed by atoms with E-state index in [2.05, 4.69) is 5.32 Å². The molecule has 7 heteroatoms. The van der Waals surface area contributed by atoms with Crippen LogP contribution in [0, 0.1) is 10.1 Å². The zero-order valence-electron chi connectivity index (χ0n) is 20.1. The Bertz CT molecular complexity index is 1140. The van der Waals surface area contributed by atoms with E-state index < -0.39 is 11.0 Å². The number of rotatable bonds is 11. The maximum absolute atomic E-state index is 13.7. The average Bonchev–Trinajstić information content (AvgIpc) is 2.87. The third-order valence-electron chi connectivity index (χ3n) is 6.00. The summed E-state index contributed by atoms with van der Waals surface area (Å²) in [5.41, 5.74) is 2.01. The van der Waals surface area contributed by atoms with Crippen LogP contribution in [0.1, 0.15) is 37.0 Å². The number of carbonyl (C=O) groups excluding carboxylic acids is 2. The average molecular weight is 474 g/mol. The normalized spacial score (nSPS) is 12.4. The fraction of sp³-hybridized carbons (Fsp3) is 0.286. The highest BCUT2D eigenvalue weighted by atomic mass is 16.6. The molecule has 2 atom stereocenters. The molecule has 0 bridgehead atoms. The Labute approximate surface area is 205 Å². The van der Waals surface area contributed by atoms with Crippen molar-refractivity contribution in [2.24, 2.45) is 0 Å². The van der Waals surface area contributed by atoms with Crippen molar-refractivity contribution in [1.29, 1.82) is 0 Å². The summed E-state index contributed by atoms with van der Waals surface area (Å²) >= 11 is 0. The van der Waals surface area contributed by atoms with Gasteiger partial charge in [-0.3, -0.25) is 19.7 Å². The lowest BCUT2D eigenvalue weighted by atomic mass is 10.0. The molecule has 2 unspecified atom stereocenters. The molecule has 0 saturated heterocycles. The van der Waals surface area contributed by atoms with Gasteiger partial charge in [-0.1, -0.05) is 85.8 Å². The number of hydrogen-bond donors (Lipinski definition) is 1. The first-order chi connectivity index (χ1) is 16.9. The maximum atomic E-state index is 13.7. The van der Waals surface area contributed by atoms with Crippen molar-refractivity contribution in [1.82, 2.24) is 10.2 Å². The van der Waals surface area contributed by atoms with Crippen molar-refractivity contribution >= 4 is 17.5 Å². The standard InChI is InChI=1S/C28H31N3O4/c1-3-21(2)29-28(33)26(18-22-12-6-4-7-13-22)30(20-23-14-8-5-9-15-23)27(32)19-24-16-10-11-17-25(24)31(34)35/h4-17,21,26H,3,18-20H2,1-2H3,(H,29,33). The molecule has 3 aromatic carbocycles. The fourth-order valence-electron chi connectivity index (χ4n) is 3.88. The molecule has 1 N–H and O–H groups in total. The summed E-state index contributed by atoms with van der Waals surface area (Å²) in [5, 5.41) is 14.5. The minimum Gasteiger partial charge on any atom is -0.352 e. The Morgan fingerprint density at radius 3 is 2.09 bits per heavy atom. The SMILES string of the molecule is CCC(C)NC(=O)C(Cc1ccccc1)N(Cc1ccccc1)C(=O)Cc1ccccc1[N+](=O)[O-]. The van der Waals surface area contributed by atoms with E-state index in [4.69, 9.17) is 0 Å². The van der Waals surface area contributed by atoms with Gasteiger partial charge in [0.2, 0.25) is 11.8 Å². The number of nitro groups is 1. The highest BCUT2D eigenvalue weighted by Crippen LogP contribution is 2.21. The highest BCUT2D eigenvalue weighted by Gasteiger charge is 2.32. The van der Waals surface area contributed by atoms with Gasteiger partial charge < -0.3 is 10.2 Å². The Morgan fingerprint density at radius 1 is 0.914 bits per heavy atom. The van der Waals surface area contributed by atoms with Crippen LogP contribution in [0.25, 0.3) is 0 Å². The molecule has 0 fully saturated rings. The molecule has 0 aliphatic heterocycles. The summed E-state index contributed by atoms with van der Waals surface area (Å²) in [6, 6.07) is 24.4. The van der Waals surface area contributed by atoms with Crippen molar-refractivity contribution in [3.63, 3.8) is 0 Å². The van der Waals surface area contributed by atoms with Crippen LogP contribution in [-0.2, 0) is 29.0 Å². The van der Waals surface area contributed by atoms with E-state index in [1.54, 1.807) is 23.1 Å². The van der Waals surface area contributed by atoms with E-state index in [-0.39, 0.29) is 36.5 Å². The van der Waals surface area contributed by atoms with Gasteiger partial charge in [-0.2, -0.15) is 0 Å². The third kappa shape index (κ3) is 7.24. The van der Waals surface area contributed by atoms with Crippen LogP contribution >= 0.6 is 0 Å². The number of nitro benzene ring substituents is 1. The van der Waals surface area contributed by atoms with Gasteiger partial charge in [-0.05, 0) is 24.5 Å². The number of nitrogens with zero attached hydrogens (tertiary/aromatic N) is 2. The fourth-order valence-corrected chi connectivity index (χ4v) is 3.88. The second kappa shape index (κ2) is 12.5. The molecule has 0 aliphatic carbocycles. The van der Waals surface area contributed by atoms with Crippen molar-refractivity contribution in [2.45, 2.75) is 51.7 Å². The second-order valence-electron chi connectivity index (χ2n) is 8.59. The molecule has 182 valence electrons. The predicted molar refractivity (Wildman–Crippen MR) is 136 cm³/mol. The van der Waals surface area contributed by atoms with Gasteiger partial charge in [0.15, 0.2) is 0 Å². The molecule has 0 aliphatic rings. The molecular weight excluding hydrogens is 442 g/mol. The molecule has 0 radical (unpaired) electrons. The first kappa shape index (κ1) is 25.6. The molecule has 0 spiro atoms. The van der Waals surface area contributed by atoms with Crippen LogP contribution in [0.15, 0.2) is 84.9 Å². The van der Waals surface area contributed by atoms with Crippen molar-refractivity contribution < 1.29 is 14.5 Å². The van der Waals surface area contributed by atoms with Gasteiger partial charge in [-0.25, -0.2) is 0 Å². The Kier molecular flexibility index (Phi) is 9.12. The van der Waals surface area contributed by atoms with E-state index in [1.165, 1.54) is 6.07 Å². The summed E-state index contributed by atoms with van der Waals surface area (Å²) in [7, 11) is 0. The molecule has 35 heavy (non-hydrogen) atoms. The van der Waals surface area contributed by atoms with Crippen LogP contribution in [-0.4, -0.2) is 33.7 Å². The van der Waals surface area contributed by atoms with Crippen molar-refractivity contribution in [2.75, 3.05) is 0 Å². The Hall–Kier alpha value is -4.00. The monoisotopic (exact) mass is 473 g/mol. The number of hydrogen-bond acceptors (Lipinski definition) is 4. The minimum absolute atomic E-state index is 0.0512. The van der Waals surface area contributed by atoms with Crippen LogP contribution in [0.2, 0.25) is 0 Å². The van der Waals surface area contributed by atoms with Gasteiger partial charge >= 0.3 is 0 Å². The van der Waals surface area contributed by atoms with E-state index in [0.29, 0.717) is 12.0 Å². The first-order valence-electron chi connectivity index (χ1n) is 11.8. The number of carbonyl (C=O) groups is 2. The summed E-state index contributed by atoms with van der Waals surface area (Å²) in [6.07, 6.45) is 0.914. The maximum Gasteiger partial charge on any atom is 0.273 e. The van der Waals surface area contributed by atoms with E-state index in [0.717, 1.165) is 17.5 Å². The van der Waals surface area contributed by atoms with Crippen molar-refractivity contribution in [3.05, 3.63) is 112 Å². The number of benzene rings is 3. The summed E-state index contributed by atoms with van der Waals surface area (Å²) in [4.78, 5) is 39.8. The van der Waals surface area contributed by atoms with Gasteiger partial charge in [0.05, 0.1) is 11.3 Å². The van der Waals surface area contributed by atoms with E-state index in [1.807, 2.05) is 74.5 Å². The molecule has 0 aromatic heterocycles. The molecule has 2 amide bonds. The lowest BCUT2D eigenvalue weighted by Crippen LogP contribution is -2.52. The lowest BCUT2D eigenvalue weighted by Gasteiger charge is -2.32. The molecule has 0 saturated carbocycles.